The van der Waals surface area contributed by atoms with Gasteiger partial charge in [0.15, 0.2) is 11.6 Å². The van der Waals surface area contributed by atoms with Crippen molar-refractivity contribution in [2.24, 2.45) is 0 Å². The monoisotopic (exact) mass is 460 g/mol. The van der Waals surface area contributed by atoms with Crippen molar-refractivity contribution < 1.29 is 26.7 Å². The average molecular weight is 461 g/mol. The maximum absolute atomic E-state index is 13.8. The van der Waals surface area contributed by atoms with Crippen molar-refractivity contribution in [1.29, 1.82) is 0 Å². The predicted octanol–water partition coefficient (Wildman–Crippen LogP) is 3.98. The summed E-state index contributed by atoms with van der Waals surface area (Å²) in [7, 11) is -0.852. The Hall–Kier alpha value is -3.46. The Balaban J connectivity index is 1.60. The van der Waals surface area contributed by atoms with E-state index in [1.54, 1.807) is 37.4 Å². The fourth-order valence-corrected chi connectivity index (χ4v) is 4.06. The minimum Gasteiger partial charge on any atom is -0.494 e. The van der Waals surface area contributed by atoms with Gasteiger partial charge < -0.3 is 9.64 Å². The number of sulfonamides is 1. The molecule has 32 heavy (non-hydrogen) atoms. The van der Waals surface area contributed by atoms with Crippen LogP contribution in [0.5, 0.6) is 5.75 Å². The van der Waals surface area contributed by atoms with Gasteiger partial charge >= 0.3 is 0 Å². The molecule has 3 aromatic rings. The molecule has 3 aromatic carbocycles. The highest BCUT2D eigenvalue weighted by molar-refractivity contribution is 7.92. The molecule has 0 unspecified atom stereocenters. The molecule has 0 saturated heterocycles. The summed E-state index contributed by atoms with van der Waals surface area (Å²) >= 11 is 0. The number of benzene rings is 3. The quantitative estimate of drug-likeness (QED) is 0.552. The first-order valence-corrected chi connectivity index (χ1v) is 11.1. The molecule has 0 bridgehead atoms. The number of rotatable bonds is 8. The van der Waals surface area contributed by atoms with Gasteiger partial charge in [0.05, 0.1) is 18.4 Å². The fraction of sp³-hybridized carbons (Fsp3) is 0.174. The molecule has 9 heteroatoms. The SMILES string of the molecule is COc1ccc(CN(C)C(=O)Cc2ccc(NS(=O)(=O)c3ccc(F)cc3)cc2)cc1F. The summed E-state index contributed by atoms with van der Waals surface area (Å²) in [6, 6.07) is 15.4. The van der Waals surface area contributed by atoms with E-state index in [0.717, 1.165) is 12.1 Å². The molecule has 6 nitrogen and oxygen atoms in total. The lowest BCUT2D eigenvalue weighted by Crippen LogP contribution is -2.27. The first-order valence-electron chi connectivity index (χ1n) is 9.61. The van der Waals surface area contributed by atoms with E-state index < -0.39 is 21.7 Å². The molecule has 0 atom stereocenters. The van der Waals surface area contributed by atoms with Crippen LogP contribution in [-0.2, 0) is 27.8 Å². The third-order valence-corrected chi connectivity index (χ3v) is 6.14. The second-order valence-corrected chi connectivity index (χ2v) is 8.83. The van der Waals surface area contributed by atoms with E-state index in [1.807, 2.05) is 0 Å². The highest BCUT2D eigenvalue weighted by atomic mass is 32.2. The summed E-state index contributed by atoms with van der Waals surface area (Å²) in [6.45, 7) is 0.231. The molecule has 0 aliphatic carbocycles. The van der Waals surface area contributed by atoms with Crippen LogP contribution in [0.15, 0.2) is 71.6 Å². The summed E-state index contributed by atoms with van der Waals surface area (Å²) in [5, 5.41) is 0. The zero-order valence-electron chi connectivity index (χ0n) is 17.5. The molecule has 0 aromatic heterocycles. The van der Waals surface area contributed by atoms with Crippen molar-refractivity contribution in [1.82, 2.24) is 4.90 Å². The van der Waals surface area contributed by atoms with Crippen LogP contribution < -0.4 is 9.46 Å². The smallest absolute Gasteiger partial charge is 0.261 e. The standard InChI is InChI=1S/C23H22F2N2O4S/c1-27(15-17-5-12-22(31-2)21(25)13-17)23(28)14-16-3-8-19(9-4-16)26-32(29,30)20-10-6-18(24)7-11-20/h3-13,26H,14-15H2,1-2H3. The molecule has 0 radical (unpaired) electrons. The minimum atomic E-state index is -3.85. The van der Waals surface area contributed by atoms with Gasteiger partial charge in [0, 0.05) is 19.3 Å². The van der Waals surface area contributed by atoms with Crippen molar-refractivity contribution in [3.8, 4) is 5.75 Å². The Morgan fingerprint density at radius 2 is 1.59 bits per heavy atom. The number of carbonyl (C=O) groups excluding carboxylic acids is 1. The molecular formula is C23H22F2N2O4S. The van der Waals surface area contributed by atoms with Crippen LogP contribution >= 0.6 is 0 Å². The number of amides is 1. The van der Waals surface area contributed by atoms with Crippen molar-refractivity contribution in [3.05, 3.63) is 89.5 Å². The van der Waals surface area contributed by atoms with Gasteiger partial charge in [0.25, 0.3) is 10.0 Å². The zero-order chi connectivity index (χ0) is 23.3. The van der Waals surface area contributed by atoms with E-state index in [2.05, 4.69) is 4.72 Å². The number of carbonyl (C=O) groups is 1. The Morgan fingerprint density at radius 1 is 0.969 bits per heavy atom. The summed E-state index contributed by atoms with van der Waals surface area (Å²) in [5.41, 5.74) is 1.63. The maximum Gasteiger partial charge on any atom is 0.261 e. The van der Waals surface area contributed by atoms with Crippen LogP contribution in [0.25, 0.3) is 0 Å². The van der Waals surface area contributed by atoms with E-state index in [0.29, 0.717) is 16.8 Å². The first kappa shape index (κ1) is 23.2. The minimum absolute atomic E-state index is 0.0604. The third kappa shape index (κ3) is 5.82. The first-order chi connectivity index (χ1) is 15.2. The van der Waals surface area contributed by atoms with E-state index in [1.165, 1.54) is 36.3 Å². The van der Waals surface area contributed by atoms with Crippen LogP contribution in [0.4, 0.5) is 14.5 Å². The largest absolute Gasteiger partial charge is 0.494 e. The molecule has 1 N–H and O–H groups in total. The number of anilines is 1. The van der Waals surface area contributed by atoms with Crippen LogP contribution in [0.1, 0.15) is 11.1 Å². The Bertz CT molecular complexity index is 1200. The van der Waals surface area contributed by atoms with Gasteiger partial charge in [-0.2, -0.15) is 0 Å². The molecule has 0 saturated carbocycles. The second kappa shape index (κ2) is 9.78. The summed E-state index contributed by atoms with van der Waals surface area (Å²) < 4.78 is 58.9. The molecule has 3 rings (SSSR count). The lowest BCUT2D eigenvalue weighted by molar-refractivity contribution is -0.129. The Kier molecular flexibility index (Phi) is 7.09. The molecule has 168 valence electrons. The number of hydrogen-bond acceptors (Lipinski definition) is 4. The molecule has 1 amide bonds. The number of likely N-dealkylation sites (N-methyl/N-ethyl adjacent to an activating group) is 1. The summed E-state index contributed by atoms with van der Waals surface area (Å²) in [6.07, 6.45) is 0.0974. The fourth-order valence-electron chi connectivity index (χ4n) is 3.00. The normalized spacial score (nSPS) is 11.1. The highest BCUT2D eigenvalue weighted by Gasteiger charge is 2.15. The highest BCUT2D eigenvalue weighted by Crippen LogP contribution is 2.20. The van der Waals surface area contributed by atoms with Gasteiger partial charge in [-0.05, 0) is 59.7 Å². The molecular weight excluding hydrogens is 438 g/mol. The van der Waals surface area contributed by atoms with Gasteiger partial charge in [-0.1, -0.05) is 18.2 Å². The number of nitrogens with zero attached hydrogens (tertiary/aromatic N) is 1. The van der Waals surface area contributed by atoms with Crippen LogP contribution in [0.2, 0.25) is 0 Å². The zero-order valence-corrected chi connectivity index (χ0v) is 18.3. The van der Waals surface area contributed by atoms with Gasteiger partial charge in [0.1, 0.15) is 5.82 Å². The number of methoxy groups -OCH3 is 1. The third-order valence-electron chi connectivity index (χ3n) is 4.75. The summed E-state index contributed by atoms with van der Waals surface area (Å²) in [4.78, 5) is 13.9. The topological polar surface area (TPSA) is 75.7 Å². The van der Waals surface area contributed by atoms with Crippen molar-refractivity contribution in [2.45, 2.75) is 17.9 Å². The lowest BCUT2D eigenvalue weighted by Gasteiger charge is -2.18. The second-order valence-electron chi connectivity index (χ2n) is 7.15. The van der Waals surface area contributed by atoms with Crippen LogP contribution in [-0.4, -0.2) is 33.4 Å². The lowest BCUT2D eigenvalue weighted by atomic mass is 10.1. The van der Waals surface area contributed by atoms with Gasteiger partial charge in [-0.25, -0.2) is 17.2 Å². The van der Waals surface area contributed by atoms with Crippen molar-refractivity contribution in [3.63, 3.8) is 0 Å². The van der Waals surface area contributed by atoms with Crippen LogP contribution in [0, 0.1) is 11.6 Å². The predicted molar refractivity (Wildman–Crippen MR) is 117 cm³/mol. The maximum atomic E-state index is 13.8. The van der Waals surface area contributed by atoms with Gasteiger partial charge in [-0.15, -0.1) is 0 Å². The molecule has 0 heterocycles. The molecule has 0 aliphatic heterocycles. The van der Waals surface area contributed by atoms with E-state index >= 15 is 0 Å². The number of hydrogen-bond donors (Lipinski definition) is 1. The molecule has 0 aliphatic rings. The van der Waals surface area contributed by atoms with Gasteiger partial charge in [0.2, 0.25) is 5.91 Å². The van der Waals surface area contributed by atoms with E-state index in [-0.39, 0.29) is 29.5 Å². The van der Waals surface area contributed by atoms with Crippen molar-refractivity contribution in [2.75, 3.05) is 18.9 Å². The van der Waals surface area contributed by atoms with Crippen molar-refractivity contribution >= 4 is 21.6 Å². The number of ether oxygens (including phenoxy) is 1. The Labute approximate surface area is 185 Å². The van der Waals surface area contributed by atoms with E-state index in [4.69, 9.17) is 4.74 Å². The van der Waals surface area contributed by atoms with E-state index in [9.17, 15) is 22.0 Å². The molecule has 0 spiro atoms. The Morgan fingerprint density at radius 3 is 2.19 bits per heavy atom. The number of nitrogens with one attached hydrogen (secondary N) is 1. The molecule has 0 fully saturated rings. The number of halogens is 2. The van der Waals surface area contributed by atoms with Gasteiger partial charge in [-0.3, -0.25) is 9.52 Å². The van der Waals surface area contributed by atoms with Crippen LogP contribution in [0.3, 0.4) is 0 Å². The average Bonchev–Trinajstić information content (AvgIpc) is 2.75. The summed E-state index contributed by atoms with van der Waals surface area (Å²) in [5.74, 6) is -1.07.